The first-order valence-electron chi connectivity index (χ1n) is 4.67. The van der Waals surface area contributed by atoms with Gasteiger partial charge in [-0.1, -0.05) is 30.7 Å². The largest absolute Gasteiger partial charge is 0.380 e. The third kappa shape index (κ3) is 1.72. The number of hydrogen-bond acceptors (Lipinski definition) is 1. The molecule has 1 fully saturated rings. The summed E-state index contributed by atoms with van der Waals surface area (Å²) in [5, 5.41) is 0.880. The number of ether oxygens (including phenoxy) is 1. The fourth-order valence-electron chi connectivity index (χ4n) is 1.54. The molecule has 1 heterocycles. The Morgan fingerprint density at radius 1 is 1.46 bits per heavy atom. The van der Waals surface area contributed by atoms with Gasteiger partial charge in [0.1, 0.15) is 0 Å². The van der Waals surface area contributed by atoms with Crippen LogP contribution in [0.25, 0.3) is 0 Å². The molecule has 0 amide bonds. The zero-order valence-corrected chi connectivity index (χ0v) is 8.47. The third-order valence-corrected chi connectivity index (χ3v) is 2.89. The summed E-state index contributed by atoms with van der Waals surface area (Å²) in [6.07, 6.45) is 1.07. The van der Waals surface area contributed by atoms with E-state index in [1.54, 1.807) is 0 Å². The van der Waals surface area contributed by atoms with Crippen LogP contribution in [0.4, 0.5) is 0 Å². The maximum absolute atomic E-state index is 6.11. The Bertz CT molecular complexity index is 305. The minimum absolute atomic E-state index is 0.527. The number of benzene rings is 1. The smallest absolute Gasteiger partial charge is 0.0557 e. The normalized spacial score (nSPS) is 17.1. The molecule has 1 aromatic carbocycles. The molecule has 0 atom stereocenters. The van der Waals surface area contributed by atoms with Gasteiger partial charge in [-0.3, -0.25) is 0 Å². The van der Waals surface area contributed by atoms with Crippen LogP contribution in [-0.2, 0) is 11.2 Å². The Kier molecular flexibility index (Phi) is 2.56. The SMILES string of the molecule is CCc1ccc(Cl)c(C2COC2)c1. The highest BCUT2D eigenvalue weighted by atomic mass is 35.5. The summed E-state index contributed by atoms with van der Waals surface area (Å²) in [6.45, 7) is 3.81. The van der Waals surface area contributed by atoms with Crippen molar-refractivity contribution in [1.29, 1.82) is 0 Å². The molecule has 1 nitrogen and oxygen atoms in total. The van der Waals surface area contributed by atoms with E-state index in [0.29, 0.717) is 5.92 Å². The molecule has 1 aliphatic heterocycles. The van der Waals surface area contributed by atoms with Gasteiger partial charge in [-0.05, 0) is 23.6 Å². The first-order chi connectivity index (χ1) is 6.31. The molecule has 0 radical (unpaired) electrons. The molecule has 0 aliphatic carbocycles. The molecule has 0 bridgehead atoms. The Labute approximate surface area is 83.7 Å². The van der Waals surface area contributed by atoms with Gasteiger partial charge in [0, 0.05) is 10.9 Å². The van der Waals surface area contributed by atoms with Gasteiger partial charge in [0.25, 0.3) is 0 Å². The van der Waals surface area contributed by atoms with E-state index in [4.69, 9.17) is 16.3 Å². The highest BCUT2D eigenvalue weighted by Crippen LogP contribution is 2.30. The van der Waals surface area contributed by atoms with Crippen LogP contribution in [0.1, 0.15) is 24.0 Å². The summed E-state index contributed by atoms with van der Waals surface area (Å²) in [6, 6.07) is 6.29. The fraction of sp³-hybridized carbons (Fsp3) is 0.455. The van der Waals surface area contributed by atoms with Gasteiger partial charge >= 0.3 is 0 Å². The van der Waals surface area contributed by atoms with Crippen molar-refractivity contribution in [1.82, 2.24) is 0 Å². The van der Waals surface area contributed by atoms with Crippen LogP contribution in [0.15, 0.2) is 18.2 Å². The summed E-state index contributed by atoms with van der Waals surface area (Å²) in [4.78, 5) is 0. The lowest BCUT2D eigenvalue weighted by Gasteiger charge is -2.27. The number of halogens is 1. The third-order valence-electron chi connectivity index (χ3n) is 2.55. The minimum Gasteiger partial charge on any atom is -0.380 e. The second-order valence-electron chi connectivity index (χ2n) is 3.44. The van der Waals surface area contributed by atoms with Crippen molar-refractivity contribution in [3.05, 3.63) is 34.3 Å². The fourth-order valence-corrected chi connectivity index (χ4v) is 1.81. The molecule has 2 rings (SSSR count). The summed E-state index contributed by atoms with van der Waals surface area (Å²) >= 11 is 6.11. The van der Waals surface area contributed by atoms with Crippen molar-refractivity contribution in [3.8, 4) is 0 Å². The highest BCUT2D eigenvalue weighted by molar-refractivity contribution is 6.31. The van der Waals surface area contributed by atoms with E-state index < -0.39 is 0 Å². The van der Waals surface area contributed by atoms with Crippen molar-refractivity contribution in [2.24, 2.45) is 0 Å². The molecule has 70 valence electrons. The molecule has 1 aromatic rings. The van der Waals surface area contributed by atoms with Gasteiger partial charge in [-0.2, -0.15) is 0 Å². The Balaban J connectivity index is 2.30. The summed E-state index contributed by atoms with van der Waals surface area (Å²) in [7, 11) is 0. The maximum atomic E-state index is 6.11. The van der Waals surface area contributed by atoms with Crippen LogP contribution >= 0.6 is 11.6 Å². The average Bonchev–Trinajstić information content (AvgIpc) is 2.06. The van der Waals surface area contributed by atoms with Gasteiger partial charge in [0.05, 0.1) is 13.2 Å². The number of aryl methyl sites for hydroxylation is 1. The lowest BCUT2D eigenvalue weighted by Crippen LogP contribution is -2.25. The molecule has 0 N–H and O–H groups in total. The molecule has 0 spiro atoms. The predicted molar refractivity (Wildman–Crippen MR) is 54.4 cm³/mol. The molecule has 13 heavy (non-hydrogen) atoms. The van der Waals surface area contributed by atoms with Crippen LogP contribution in [0.5, 0.6) is 0 Å². The molecule has 0 aromatic heterocycles. The van der Waals surface area contributed by atoms with Crippen LogP contribution in [0.2, 0.25) is 5.02 Å². The lowest BCUT2D eigenvalue weighted by atomic mass is 9.95. The predicted octanol–water partition coefficient (Wildman–Crippen LogP) is 3.02. The second kappa shape index (κ2) is 3.69. The first-order valence-corrected chi connectivity index (χ1v) is 5.05. The lowest BCUT2D eigenvalue weighted by molar-refractivity contribution is 0.00843. The van der Waals surface area contributed by atoms with E-state index in [1.165, 1.54) is 11.1 Å². The van der Waals surface area contributed by atoms with Crippen molar-refractivity contribution >= 4 is 11.6 Å². The van der Waals surface area contributed by atoms with Gasteiger partial charge < -0.3 is 4.74 Å². The van der Waals surface area contributed by atoms with Gasteiger partial charge in [-0.25, -0.2) is 0 Å². The summed E-state index contributed by atoms with van der Waals surface area (Å²) < 4.78 is 5.16. The minimum atomic E-state index is 0.527. The zero-order chi connectivity index (χ0) is 9.26. The quantitative estimate of drug-likeness (QED) is 0.707. The van der Waals surface area contributed by atoms with Crippen LogP contribution in [0, 0.1) is 0 Å². The Hall–Kier alpha value is -0.530. The van der Waals surface area contributed by atoms with E-state index in [9.17, 15) is 0 Å². The van der Waals surface area contributed by atoms with Gasteiger partial charge in [-0.15, -0.1) is 0 Å². The number of rotatable bonds is 2. The molecule has 0 saturated carbocycles. The van der Waals surface area contributed by atoms with Crippen molar-refractivity contribution in [2.75, 3.05) is 13.2 Å². The first kappa shape index (κ1) is 9.04. The topological polar surface area (TPSA) is 9.23 Å². The van der Waals surface area contributed by atoms with E-state index in [-0.39, 0.29) is 0 Å². The summed E-state index contributed by atoms with van der Waals surface area (Å²) in [5.74, 6) is 0.527. The highest BCUT2D eigenvalue weighted by Gasteiger charge is 2.22. The maximum Gasteiger partial charge on any atom is 0.0557 e. The van der Waals surface area contributed by atoms with E-state index >= 15 is 0 Å². The molecule has 0 unspecified atom stereocenters. The second-order valence-corrected chi connectivity index (χ2v) is 3.85. The van der Waals surface area contributed by atoms with Crippen molar-refractivity contribution < 1.29 is 4.74 Å². The van der Waals surface area contributed by atoms with E-state index in [2.05, 4.69) is 19.1 Å². The molecular formula is C11H13ClO. The molecule has 2 heteroatoms. The number of hydrogen-bond donors (Lipinski definition) is 0. The van der Waals surface area contributed by atoms with Crippen molar-refractivity contribution in [3.63, 3.8) is 0 Å². The van der Waals surface area contributed by atoms with Crippen molar-refractivity contribution in [2.45, 2.75) is 19.3 Å². The summed E-state index contributed by atoms with van der Waals surface area (Å²) in [5.41, 5.74) is 2.61. The Morgan fingerprint density at radius 3 is 2.77 bits per heavy atom. The van der Waals surface area contributed by atoms with Gasteiger partial charge in [0.2, 0.25) is 0 Å². The molecule has 1 saturated heterocycles. The van der Waals surface area contributed by atoms with Crippen LogP contribution < -0.4 is 0 Å². The molecule has 1 aliphatic rings. The standard InChI is InChI=1S/C11H13ClO/c1-2-8-3-4-11(12)10(5-8)9-6-13-7-9/h3-5,9H,2,6-7H2,1H3. The van der Waals surface area contributed by atoms with Crippen LogP contribution in [0.3, 0.4) is 0 Å². The zero-order valence-electron chi connectivity index (χ0n) is 7.72. The van der Waals surface area contributed by atoms with E-state index in [1.807, 2.05) is 6.07 Å². The Morgan fingerprint density at radius 2 is 2.23 bits per heavy atom. The molecular weight excluding hydrogens is 184 g/mol. The van der Waals surface area contributed by atoms with Crippen LogP contribution in [-0.4, -0.2) is 13.2 Å². The monoisotopic (exact) mass is 196 g/mol. The average molecular weight is 197 g/mol. The van der Waals surface area contributed by atoms with Gasteiger partial charge in [0.15, 0.2) is 0 Å². The van der Waals surface area contributed by atoms with E-state index in [0.717, 1.165) is 24.7 Å².